The van der Waals surface area contributed by atoms with Gasteiger partial charge in [0.2, 0.25) is 0 Å². The van der Waals surface area contributed by atoms with Crippen LogP contribution in [0.5, 0.6) is 0 Å². The standard InChI is InChI=1S/C12H30O2SSi2/c1-7-8-11-16(4,5)15-10-9-12-17(6,13-2)14-3/h7-12H2,1-6H3. The van der Waals surface area contributed by atoms with Crippen LogP contribution >= 0.6 is 11.2 Å². The van der Waals surface area contributed by atoms with E-state index in [0.717, 1.165) is 6.04 Å². The number of unbranched alkanes of at least 4 members (excludes halogenated alkanes) is 1. The molecule has 0 aliphatic heterocycles. The van der Waals surface area contributed by atoms with E-state index in [9.17, 15) is 0 Å². The van der Waals surface area contributed by atoms with Crippen LogP contribution in [-0.4, -0.2) is 35.8 Å². The highest BCUT2D eigenvalue weighted by Crippen LogP contribution is 2.28. The molecule has 0 N–H and O–H groups in total. The van der Waals surface area contributed by atoms with Crippen molar-refractivity contribution in [3.05, 3.63) is 0 Å². The monoisotopic (exact) mass is 294 g/mol. The minimum absolute atomic E-state index is 0.991. The van der Waals surface area contributed by atoms with E-state index in [0.29, 0.717) is 0 Å². The number of hydrogen-bond donors (Lipinski definition) is 0. The predicted molar refractivity (Wildman–Crippen MR) is 84.7 cm³/mol. The van der Waals surface area contributed by atoms with E-state index >= 15 is 0 Å². The maximum absolute atomic E-state index is 5.50. The SMILES string of the molecule is CCCC[Si](C)(C)SCCC[Si](C)(OC)OC. The molecule has 0 saturated heterocycles. The van der Waals surface area contributed by atoms with Gasteiger partial charge in [0, 0.05) is 14.2 Å². The van der Waals surface area contributed by atoms with Crippen molar-refractivity contribution in [1.82, 2.24) is 0 Å². The van der Waals surface area contributed by atoms with Gasteiger partial charge in [0.1, 0.15) is 7.22 Å². The van der Waals surface area contributed by atoms with Crippen molar-refractivity contribution in [3.63, 3.8) is 0 Å². The topological polar surface area (TPSA) is 18.5 Å². The minimum atomic E-state index is -1.82. The lowest BCUT2D eigenvalue weighted by molar-refractivity contribution is 0.249. The van der Waals surface area contributed by atoms with Crippen molar-refractivity contribution in [2.24, 2.45) is 0 Å². The van der Waals surface area contributed by atoms with Crippen LogP contribution in [0.2, 0.25) is 31.7 Å². The Hall–Kier alpha value is 0.704. The highest BCUT2D eigenvalue weighted by Gasteiger charge is 2.28. The van der Waals surface area contributed by atoms with Crippen LogP contribution in [-0.2, 0) is 8.85 Å². The maximum Gasteiger partial charge on any atom is 0.334 e. The van der Waals surface area contributed by atoms with Crippen molar-refractivity contribution < 1.29 is 8.85 Å². The molecule has 0 bridgehead atoms. The Bertz CT molecular complexity index is 197. The molecule has 0 radical (unpaired) electrons. The second kappa shape index (κ2) is 8.74. The lowest BCUT2D eigenvalue weighted by Gasteiger charge is -2.24. The molecule has 0 spiro atoms. The summed E-state index contributed by atoms with van der Waals surface area (Å²) in [4.78, 5) is 0. The van der Waals surface area contributed by atoms with Crippen molar-refractivity contribution in [3.8, 4) is 0 Å². The summed E-state index contributed by atoms with van der Waals surface area (Å²) >= 11 is 2.23. The summed E-state index contributed by atoms with van der Waals surface area (Å²) in [7, 11) is 0.754. The molecule has 0 atom stereocenters. The average Bonchev–Trinajstić information content (AvgIpc) is 2.32. The second-order valence-corrected chi connectivity index (χ2v) is 17.8. The summed E-state index contributed by atoms with van der Waals surface area (Å²) in [5, 5.41) is 0. The third-order valence-electron chi connectivity index (χ3n) is 3.26. The van der Waals surface area contributed by atoms with Gasteiger partial charge in [-0.3, -0.25) is 0 Å². The van der Waals surface area contributed by atoms with Crippen LogP contribution in [0.25, 0.3) is 0 Å². The van der Waals surface area contributed by atoms with Gasteiger partial charge in [-0.25, -0.2) is 0 Å². The summed E-state index contributed by atoms with van der Waals surface area (Å²) in [6.07, 6.45) is 3.96. The van der Waals surface area contributed by atoms with Crippen LogP contribution in [0.15, 0.2) is 0 Å². The molecule has 0 rings (SSSR count). The van der Waals surface area contributed by atoms with Gasteiger partial charge >= 0.3 is 8.56 Å². The zero-order chi connectivity index (χ0) is 13.4. The molecular weight excluding hydrogens is 264 g/mol. The van der Waals surface area contributed by atoms with Gasteiger partial charge in [-0.15, -0.1) is 0 Å². The Morgan fingerprint density at radius 2 is 1.53 bits per heavy atom. The third kappa shape index (κ3) is 8.43. The Morgan fingerprint density at radius 3 is 2.00 bits per heavy atom. The maximum atomic E-state index is 5.50. The lowest BCUT2D eigenvalue weighted by atomic mass is 10.4. The van der Waals surface area contributed by atoms with Crippen LogP contribution < -0.4 is 0 Å². The molecular formula is C12H30O2SSi2. The Kier molecular flexibility index (Phi) is 9.11. The van der Waals surface area contributed by atoms with E-state index in [-0.39, 0.29) is 0 Å². The molecule has 0 amide bonds. The first kappa shape index (κ1) is 17.7. The van der Waals surface area contributed by atoms with E-state index in [2.05, 4.69) is 37.8 Å². The molecule has 0 aromatic rings. The van der Waals surface area contributed by atoms with E-state index in [1.807, 2.05) is 0 Å². The zero-order valence-electron chi connectivity index (χ0n) is 12.5. The van der Waals surface area contributed by atoms with Crippen LogP contribution in [0.1, 0.15) is 26.2 Å². The van der Waals surface area contributed by atoms with Gasteiger partial charge in [0.15, 0.2) is 0 Å². The molecule has 104 valence electrons. The molecule has 0 heterocycles. The molecule has 2 nitrogen and oxygen atoms in total. The molecule has 0 aliphatic carbocycles. The molecule has 0 saturated carbocycles. The largest absolute Gasteiger partial charge is 0.398 e. The first-order valence-corrected chi connectivity index (χ1v) is 14.1. The van der Waals surface area contributed by atoms with Gasteiger partial charge in [0.25, 0.3) is 0 Å². The fourth-order valence-corrected chi connectivity index (χ4v) is 8.50. The van der Waals surface area contributed by atoms with Gasteiger partial charge in [-0.2, -0.15) is 11.2 Å². The van der Waals surface area contributed by atoms with Crippen molar-refractivity contribution >= 4 is 27.0 Å². The van der Waals surface area contributed by atoms with Gasteiger partial charge in [-0.05, 0) is 30.8 Å². The molecule has 0 aromatic heterocycles. The average molecular weight is 295 g/mol. The van der Waals surface area contributed by atoms with Gasteiger partial charge in [-0.1, -0.05) is 32.9 Å². The van der Waals surface area contributed by atoms with Crippen molar-refractivity contribution in [1.29, 1.82) is 0 Å². The summed E-state index contributed by atoms with van der Waals surface area (Å²) in [5.41, 5.74) is 0. The number of rotatable bonds is 10. The smallest absolute Gasteiger partial charge is 0.334 e. The molecule has 5 heteroatoms. The van der Waals surface area contributed by atoms with E-state index in [1.54, 1.807) is 14.2 Å². The van der Waals surface area contributed by atoms with Gasteiger partial charge in [0.05, 0.1) is 0 Å². The van der Waals surface area contributed by atoms with Gasteiger partial charge < -0.3 is 8.85 Å². The molecule has 0 unspecified atom stereocenters. The van der Waals surface area contributed by atoms with Crippen LogP contribution in [0.3, 0.4) is 0 Å². The molecule has 0 fully saturated rings. The lowest BCUT2D eigenvalue weighted by Crippen LogP contribution is -2.36. The van der Waals surface area contributed by atoms with E-state index < -0.39 is 15.8 Å². The van der Waals surface area contributed by atoms with E-state index in [1.165, 1.54) is 31.1 Å². The highest BCUT2D eigenvalue weighted by molar-refractivity contribution is 8.28. The fraction of sp³-hybridized carbons (Fsp3) is 1.00. The zero-order valence-corrected chi connectivity index (χ0v) is 15.3. The summed E-state index contributed by atoms with van der Waals surface area (Å²) in [6, 6.07) is 2.57. The van der Waals surface area contributed by atoms with Crippen LogP contribution in [0, 0.1) is 0 Å². The summed E-state index contributed by atoms with van der Waals surface area (Å²) in [6.45, 7) is 9.42. The summed E-state index contributed by atoms with van der Waals surface area (Å²) < 4.78 is 11.0. The Morgan fingerprint density at radius 1 is 0.941 bits per heavy atom. The Balaban J connectivity index is 3.76. The summed E-state index contributed by atoms with van der Waals surface area (Å²) in [5.74, 6) is 1.28. The second-order valence-electron chi connectivity index (χ2n) is 5.36. The molecule has 17 heavy (non-hydrogen) atoms. The first-order chi connectivity index (χ1) is 7.89. The van der Waals surface area contributed by atoms with Crippen molar-refractivity contribution in [2.45, 2.75) is 57.9 Å². The predicted octanol–water partition coefficient (Wildman–Crippen LogP) is 4.48. The highest BCUT2D eigenvalue weighted by atomic mass is 32.4. The first-order valence-electron chi connectivity index (χ1n) is 6.63. The third-order valence-corrected chi connectivity index (χ3v) is 12.7. The normalized spacial score (nSPS) is 13.1. The quantitative estimate of drug-likeness (QED) is 0.437. The van der Waals surface area contributed by atoms with Crippen LogP contribution in [0.4, 0.5) is 0 Å². The minimum Gasteiger partial charge on any atom is -0.398 e. The van der Waals surface area contributed by atoms with Crippen molar-refractivity contribution in [2.75, 3.05) is 20.0 Å². The number of hydrogen-bond acceptors (Lipinski definition) is 3. The molecule has 0 aliphatic rings. The van der Waals surface area contributed by atoms with E-state index in [4.69, 9.17) is 8.85 Å². The molecule has 0 aromatic carbocycles. The Labute approximate surface area is 114 Å². The fourth-order valence-electron chi connectivity index (χ4n) is 1.70.